The molecule has 136 valence electrons. The van der Waals surface area contributed by atoms with Gasteiger partial charge in [-0.2, -0.15) is 4.31 Å². The number of carbonyl (C=O) groups excluding carboxylic acids is 1. The number of nitrogens with one attached hydrogen (secondary N) is 2. The van der Waals surface area contributed by atoms with E-state index in [2.05, 4.69) is 10.6 Å². The molecule has 1 heterocycles. The summed E-state index contributed by atoms with van der Waals surface area (Å²) in [6, 6.07) is 6.21. The summed E-state index contributed by atoms with van der Waals surface area (Å²) >= 11 is 0. The molecular formula is C17H23N3O4S. The van der Waals surface area contributed by atoms with Crippen LogP contribution in [-0.4, -0.2) is 38.3 Å². The number of sulfonamides is 1. The van der Waals surface area contributed by atoms with Gasteiger partial charge in [0.05, 0.1) is 28.1 Å². The largest absolute Gasteiger partial charge is 0.472 e. The number of furan rings is 1. The Kier molecular flexibility index (Phi) is 6.22. The maximum absolute atomic E-state index is 12.7. The molecule has 8 heteroatoms. The van der Waals surface area contributed by atoms with E-state index in [9.17, 15) is 13.2 Å². The highest BCUT2D eigenvalue weighted by Gasteiger charge is 2.23. The molecule has 7 nitrogen and oxygen atoms in total. The van der Waals surface area contributed by atoms with Crippen molar-refractivity contribution in [1.29, 1.82) is 0 Å². The molecule has 0 aliphatic rings. The van der Waals surface area contributed by atoms with E-state index < -0.39 is 10.0 Å². The van der Waals surface area contributed by atoms with Crippen LogP contribution >= 0.6 is 0 Å². The molecular weight excluding hydrogens is 342 g/mol. The normalized spacial score (nSPS) is 11.5. The number of hydrogen-bond donors (Lipinski definition) is 2. The lowest BCUT2D eigenvalue weighted by molar-refractivity contribution is 0.102. The summed E-state index contributed by atoms with van der Waals surface area (Å²) in [5.74, 6) is -0.370. The highest BCUT2D eigenvalue weighted by Crippen LogP contribution is 2.27. The van der Waals surface area contributed by atoms with Crippen molar-refractivity contribution in [1.82, 2.24) is 4.31 Å². The van der Waals surface area contributed by atoms with Gasteiger partial charge in [0.1, 0.15) is 6.26 Å². The van der Waals surface area contributed by atoms with Gasteiger partial charge in [0.2, 0.25) is 10.0 Å². The summed E-state index contributed by atoms with van der Waals surface area (Å²) in [7, 11) is -3.61. The van der Waals surface area contributed by atoms with Crippen LogP contribution in [0, 0.1) is 0 Å². The van der Waals surface area contributed by atoms with E-state index in [0.29, 0.717) is 36.6 Å². The molecule has 2 rings (SSSR count). The first kappa shape index (κ1) is 19.0. The summed E-state index contributed by atoms with van der Waals surface area (Å²) in [5.41, 5.74) is 1.42. The first-order chi connectivity index (χ1) is 11.9. The lowest BCUT2D eigenvalue weighted by atomic mass is 10.2. The third-order valence-electron chi connectivity index (χ3n) is 3.73. The SMILES string of the molecule is CCNc1ccc(S(=O)(=O)N(CC)CC)cc1NC(=O)c1ccoc1. The van der Waals surface area contributed by atoms with E-state index in [1.54, 1.807) is 32.0 Å². The number of amides is 1. The number of rotatable bonds is 8. The van der Waals surface area contributed by atoms with Crippen molar-refractivity contribution in [2.75, 3.05) is 30.3 Å². The molecule has 25 heavy (non-hydrogen) atoms. The lowest BCUT2D eigenvalue weighted by Crippen LogP contribution is -2.30. The summed E-state index contributed by atoms with van der Waals surface area (Å²) < 4.78 is 31.7. The van der Waals surface area contributed by atoms with E-state index >= 15 is 0 Å². The molecule has 1 amide bonds. The number of anilines is 2. The first-order valence-corrected chi connectivity index (χ1v) is 9.59. The highest BCUT2D eigenvalue weighted by atomic mass is 32.2. The Morgan fingerprint density at radius 3 is 2.40 bits per heavy atom. The average Bonchev–Trinajstić information content (AvgIpc) is 3.12. The first-order valence-electron chi connectivity index (χ1n) is 8.15. The third kappa shape index (κ3) is 4.21. The number of hydrogen-bond acceptors (Lipinski definition) is 5. The van der Waals surface area contributed by atoms with Crippen LogP contribution in [0.4, 0.5) is 11.4 Å². The Bertz CT molecular complexity index is 812. The monoisotopic (exact) mass is 365 g/mol. The predicted octanol–water partition coefficient (Wildman–Crippen LogP) is 2.99. The van der Waals surface area contributed by atoms with E-state index in [4.69, 9.17) is 4.42 Å². The van der Waals surface area contributed by atoms with E-state index in [0.717, 1.165) is 0 Å². The third-order valence-corrected chi connectivity index (χ3v) is 5.78. The van der Waals surface area contributed by atoms with Crippen LogP contribution in [0.5, 0.6) is 0 Å². The number of nitrogens with zero attached hydrogens (tertiary/aromatic N) is 1. The minimum Gasteiger partial charge on any atom is -0.472 e. The van der Waals surface area contributed by atoms with Crippen molar-refractivity contribution in [3.05, 3.63) is 42.4 Å². The molecule has 0 spiro atoms. The lowest BCUT2D eigenvalue weighted by Gasteiger charge is -2.20. The van der Waals surface area contributed by atoms with Gasteiger partial charge in [0.25, 0.3) is 5.91 Å². The topological polar surface area (TPSA) is 91.7 Å². The smallest absolute Gasteiger partial charge is 0.258 e. The van der Waals surface area contributed by atoms with Crippen molar-refractivity contribution in [2.24, 2.45) is 0 Å². The molecule has 0 saturated heterocycles. The highest BCUT2D eigenvalue weighted by molar-refractivity contribution is 7.89. The Hall–Kier alpha value is -2.32. The Morgan fingerprint density at radius 1 is 1.12 bits per heavy atom. The van der Waals surface area contributed by atoms with Crippen molar-refractivity contribution in [3.63, 3.8) is 0 Å². The van der Waals surface area contributed by atoms with E-state index in [1.165, 1.54) is 22.9 Å². The van der Waals surface area contributed by atoms with Crippen LogP contribution in [0.25, 0.3) is 0 Å². The van der Waals surface area contributed by atoms with Crippen LogP contribution < -0.4 is 10.6 Å². The fraction of sp³-hybridized carbons (Fsp3) is 0.353. The van der Waals surface area contributed by atoms with Gasteiger partial charge in [-0.3, -0.25) is 4.79 Å². The van der Waals surface area contributed by atoms with Gasteiger partial charge < -0.3 is 15.1 Å². The summed E-state index contributed by atoms with van der Waals surface area (Å²) in [4.78, 5) is 12.4. The molecule has 0 radical (unpaired) electrons. The van der Waals surface area contributed by atoms with Gasteiger partial charge in [0.15, 0.2) is 0 Å². The molecule has 2 N–H and O–H groups in total. The van der Waals surface area contributed by atoms with Crippen molar-refractivity contribution >= 4 is 27.3 Å². The minimum absolute atomic E-state index is 0.139. The zero-order valence-electron chi connectivity index (χ0n) is 14.6. The molecule has 0 aliphatic heterocycles. The minimum atomic E-state index is -3.61. The second-order valence-corrected chi connectivity index (χ2v) is 7.23. The molecule has 0 fully saturated rings. The Labute approximate surface area is 148 Å². The summed E-state index contributed by atoms with van der Waals surface area (Å²) in [5, 5.41) is 5.86. The maximum Gasteiger partial charge on any atom is 0.258 e. The molecule has 0 unspecified atom stereocenters. The van der Waals surface area contributed by atoms with E-state index in [-0.39, 0.29) is 10.8 Å². The van der Waals surface area contributed by atoms with Gasteiger partial charge in [0, 0.05) is 19.6 Å². The van der Waals surface area contributed by atoms with Gasteiger partial charge in [-0.05, 0) is 31.2 Å². The zero-order chi connectivity index (χ0) is 18.4. The van der Waals surface area contributed by atoms with Crippen molar-refractivity contribution < 1.29 is 17.6 Å². The molecule has 1 aromatic carbocycles. The van der Waals surface area contributed by atoms with Crippen LogP contribution in [0.2, 0.25) is 0 Å². The zero-order valence-corrected chi connectivity index (χ0v) is 15.4. The standard InChI is InChI=1S/C17H23N3O4S/c1-4-18-15-8-7-14(25(22,23)20(5-2)6-3)11-16(15)19-17(21)13-9-10-24-12-13/h7-12,18H,4-6H2,1-3H3,(H,19,21). The molecule has 1 aromatic heterocycles. The van der Waals surface area contributed by atoms with Crippen molar-refractivity contribution in [2.45, 2.75) is 25.7 Å². The summed E-state index contributed by atoms with van der Waals surface area (Å²) in [6.07, 6.45) is 2.74. The number of benzene rings is 1. The molecule has 0 saturated carbocycles. The van der Waals surface area contributed by atoms with Crippen LogP contribution in [0.1, 0.15) is 31.1 Å². The van der Waals surface area contributed by atoms with Gasteiger partial charge in [-0.25, -0.2) is 8.42 Å². The van der Waals surface area contributed by atoms with Gasteiger partial charge in [-0.1, -0.05) is 13.8 Å². The second-order valence-electron chi connectivity index (χ2n) is 5.29. The van der Waals surface area contributed by atoms with Crippen LogP contribution in [0.3, 0.4) is 0 Å². The number of carbonyl (C=O) groups is 1. The van der Waals surface area contributed by atoms with Gasteiger partial charge >= 0.3 is 0 Å². The summed E-state index contributed by atoms with van der Waals surface area (Å²) in [6.45, 7) is 6.89. The van der Waals surface area contributed by atoms with Crippen molar-refractivity contribution in [3.8, 4) is 0 Å². The van der Waals surface area contributed by atoms with Crippen LogP contribution in [0.15, 0.2) is 46.1 Å². The maximum atomic E-state index is 12.7. The fourth-order valence-corrected chi connectivity index (χ4v) is 3.92. The molecule has 2 aromatic rings. The molecule has 0 bridgehead atoms. The molecule has 0 atom stereocenters. The predicted molar refractivity (Wildman–Crippen MR) is 97.4 cm³/mol. The average molecular weight is 365 g/mol. The Balaban J connectivity index is 2.41. The van der Waals surface area contributed by atoms with E-state index in [1.807, 2.05) is 6.92 Å². The van der Waals surface area contributed by atoms with Crippen LogP contribution in [-0.2, 0) is 10.0 Å². The van der Waals surface area contributed by atoms with Gasteiger partial charge in [-0.15, -0.1) is 0 Å². The fourth-order valence-electron chi connectivity index (χ4n) is 2.43. The molecule has 0 aliphatic carbocycles. The second kappa shape index (κ2) is 8.17. The Morgan fingerprint density at radius 2 is 1.84 bits per heavy atom. The quantitative estimate of drug-likeness (QED) is 0.750.